The van der Waals surface area contributed by atoms with Gasteiger partial charge in [0.1, 0.15) is 11.8 Å². The van der Waals surface area contributed by atoms with Gasteiger partial charge >= 0.3 is 0 Å². The van der Waals surface area contributed by atoms with Crippen LogP contribution in [0.5, 0.6) is 0 Å². The van der Waals surface area contributed by atoms with Crippen molar-refractivity contribution >= 4 is 32.9 Å². The standard InChI is InChI=1S/C11H10BrN7/c12-7-3-14-4-8-9(7)18(6-1-2-6)11(17-8)19-10(13)15-5-16-19/h3-6H,1-2H2,(H2,13,15,16). The Morgan fingerprint density at radius 2 is 2.16 bits per heavy atom. The van der Waals surface area contributed by atoms with E-state index in [2.05, 4.69) is 40.5 Å². The third-order valence-corrected chi connectivity index (χ3v) is 3.79. The molecule has 0 aromatic carbocycles. The molecule has 0 aliphatic heterocycles. The van der Waals surface area contributed by atoms with Crippen LogP contribution in [0.1, 0.15) is 18.9 Å². The van der Waals surface area contributed by atoms with Gasteiger partial charge in [0.2, 0.25) is 11.9 Å². The first-order chi connectivity index (χ1) is 9.25. The van der Waals surface area contributed by atoms with Crippen molar-refractivity contribution in [1.29, 1.82) is 0 Å². The van der Waals surface area contributed by atoms with E-state index in [4.69, 9.17) is 5.73 Å². The Morgan fingerprint density at radius 3 is 2.84 bits per heavy atom. The summed E-state index contributed by atoms with van der Waals surface area (Å²) in [5, 5.41) is 4.14. The molecule has 0 spiro atoms. The first kappa shape index (κ1) is 10.9. The molecule has 3 heterocycles. The molecule has 0 amide bonds. The molecule has 1 aliphatic rings. The van der Waals surface area contributed by atoms with Gasteiger partial charge in [-0.1, -0.05) is 0 Å². The van der Waals surface area contributed by atoms with Crippen LogP contribution in [0.15, 0.2) is 23.2 Å². The van der Waals surface area contributed by atoms with Crippen molar-refractivity contribution in [3.63, 3.8) is 0 Å². The van der Waals surface area contributed by atoms with Crippen LogP contribution in [-0.4, -0.2) is 29.3 Å². The molecular weight excluding hydrogens is 310 g/mol. The summed E-state index contributed by atoms with van der Waals surface area (Å²) in [6.45, 7) is 0. The van der Waals surface area contributed by atoms with E-state index in [1.54, 1.807) is 17.1 Å². The minimum atomic E-state index is 0.335. The zero-order valence-electron chi connectivity index (χ0n) is 9.86. The fourth-order valence-electron chi connectivity index (χ4n) is 2.23. The molecule has 19 heavy (non-hydrogen) atoms. The Kier molecular flexibility index (Phi) is 2.16. The Morgan fingerprint density at radius 1 is 1.32 bits per heavy atom. The average Bonchev–Trinajstić information content (AvgIpc) is 3.02. The van der Waals surface area contributed by atoms with Crippen LogP contribution in [0.25, 0.3) is 17.0 Å². The summed E-state index contributed by atoms with van der Waals surface area (Å²) >= 11 is 3.54. The van der Waals surface area contributed by atoms with E-state index in [9.17, 15) is 0 Å². The lowest BCUT2D eigenvalue weighted by atomic mass is 10.4. The maximum Gasteiger partial charge on any atom is 0.235 e. The second-order valence-corrected chi connectivity index (χ2v) is 5.39. The number of nitrogens with zero attached hydrogens (tertiary/aromatic N) is 6. The second kappa shape index (κ2) is 3.77. The van der Waals surface area contributed by atoms with Gasteiger partial charge < -0.3 is 10.3 Å². The van der Waals surface area contributed by atoms with Crippen molar-refractivity contribution in [2.75, 3.05) is 5.73 Å². The van der Waals surface area contributed by atoms with Crippen molar-refractivity contribution in [1.82, 2.24) is 29.3 Å². The molecule has 0 unspecified atom stereocenters. The fraction of sp³-hybridized carbons (Fsp3) is 0.273. The van der Waals surface area contributed by atoms with Crippen LogP contribution < -0.4 is 5.73 Å². The molecule has 3 aromatic heterocycles. The van der Waals surface area contributed by atoms with Crippen LogP contribution in [0, 0.1) is 0 Å². The van der Waals surface area contributed by atoms with E-state index in [1.807, 2.05) is 0 Å². The lowest BCUT2D eigenvalue weighted by Crippen LogP contribution is -2.10. The van der Waals surface area contributed by atoms with Crippen molar-refractivity contribution in [2.24, 2.45) is 0 Å². The topological polar surface area (TPSA) is 87.4 Å². The summed E-state index contributed by atoms with van der Waals surface area (Å²) < 4.78 is 4.64. The van der Waals surface area contributed by atoms with Crippen LogP contribution >= 0.6 is 15.9 Å². The number of rotatable bonds is 2. The molecule has 8 heteroatoms. The van der Waals surface area contributed by atoms with Crippen LogP contribution in [0.3, 0.4) is 0 Å². The number of anilines is 1. The monoisotopic (exact) mass is 319 g/mol. The highest BCUT2D eigenvalue weighted by atomic mass is 79.9. The van der Waals surface area contributed by atoms with Gasteiger partial charge in [-0.3, -0.25) is 4.98 Å². The van der Waals surface area contributed by atoms with E-state index < -0.39 is 0 Å². The summed E-state index contributed by atoms with van der Waals surface area (Å²) in [6.07, 6.45) is 7.23. The van der Waals surface area contributed by atoms with Crippen molar-refractivity contribution in [3.8, 4) is 5.95 Å². The maximum atomic E-state index is 5.83. The third kappa shape index (κ3) is 1.56. The average molecular weight is 320 g/mol. The quantitative estimate of drug-likeness (QED) is 0.776. The lowest BCUT2D eigenvalue weighted by molar-refractivity contribution is 0.692. The number of imidazole rings is 1. The predicted octanol–water partition coefficient (Wildman–Crippen LogP) is 1.69. The molecule has 7 nitrogen and oxygen atoms in total. The first-order valence-corrected chi connectivity index (χ1v) is 6.72. The Balaban J connectivity index is 2.08. The molecule has 0 radical (unpaired) electrons. The third-order valence-electron chi connectivity index (χ3n) is 3.21. The lowest BCUT2D eigenvalue weighted by Gasteiger charge is -2.08. The molecule has 3 aromatic rings. The zero-order valence-corrected chi connectivity index (χ0v) is 11.4. The van der Waals surface area contributed by atoms with Crippen molar-refractivity contribution in [2.45, 2.75) is 18.9 Å². The predicted molar refractivity (Wildman–Crippen MR) is 72.8 cm³/mol. The minimum Gasteiger partial charge on any atom is -0.368 e. The maximum absolute atomic E-state index is 5.83. The fourth-order valence-corrected chi connectivity index (χ4v) is 2.74. The summed E-state index contributed by atoms with van der Waals surface area (Å²) in [4.78, 5) is 12.7. The smallest absolute Gasteiger partial charge is 0.235 e. The zero-order chi connectivity index (χ0) is 13.0. The number of pyridine rings is 1. The highest BCUT2D eigenvalue weighted by Crippen LogP contribution is 2.41. The minimum absolute atomic E-state index is 0.335. The van der Waals surface area contributed by atoms with Gasteiger partial charge in [-0.2, -0.15) is 14.8 Å². The van der Waals surface area contributed by atoms with Crippen molar-refractivity contribution < 1.29 is 0 Å². The molecule has 0 bridgehead atoms. The number of nitrogen functional groups attached to an aromatic ring is 1. The number of halogens is 1. The molecule has 1 saturated carbocycles. The molecule has 96 valence electrons. The van der Waals surface area contributed by atoms with Gasteiger partial charge in [-0.05, 0) is 28.8 Å². The number of aromatic nitrogens is 6. The summed E-state index contributed by atoms with van der Waals surface area (Å²) in [7, 11) is 0. The van der Waals surface area contributed by atoms with Crippen LogP contribution in [-0.2, 0) is 0 Å². The molecule has 4 rings (SSSR count). The van der Waals surface area contributed by atoms with Gasteiger partial charge in [0.15, 0.2) is 0 Å². The highest BCUT2D eigenvalue weighted by Gasteiger charge is 2.30. The summed E-state index contributed by atoms with van der Waals surface area (Å²) in [5.41, 5.74) is 7.69. The van der Waals surface area contributed by atoms with E-state index >= 15 is 0 Å². The summed E-state index contributed by atoms with van der Waals surface area (Å²) in [6, 6.07) is 0.447. The van der Waals surface area contributed by atoms with E-state index in [0.717, 1.165) is 28.3 Å². The van der Waals surface area contributed by atoms with Gasteiger partial charge in [0.25, 0.3) is 0 Å². The van der Waals surface area contributed by atoms with Crippen LogP contribution in [0.4, 0.5) is 5.95 Å². The second-order valence-electron chi connectivity index (χ2n) is 4.53. The van der Waals surface area contributed by atoms with E-state index in [-0.39, 0.29) is 0 Å². The first-order valence-electron chi connectivity index (χ1n) is 5.93. The van der Waals surface area contributed by atoms with Gasteiger partial charge in [-0.25, -0.2) is 4.98 Å². The number of hydrogen-bond donors (Lipinski definition) is 1. The van der Waals surface area contributed by atoms with Crippen LogP contribution in [0.2, 0.25) is 0 Å². The van der Waals surface area contributed by atoms with Crippen molar-refractivity contribution in [3.05, 3.63) is 23.2 Å². The largest absolute Gasteiger partial charge is 0.368 e. The number of nitrogens with two attached hydrogens (primary N) is 1. The van der Waals surface area contributed by atoms with Gasteiger partial charge in [0, 0.05) is 12.2 Å². The molecule has 1 fully saturated rings. The number of fused-ring (bicyclic) bond motifs is 1. The number of hydrogen-bond acceptors (Lipinski definition) is 5. The molecule has 2 N–H and O–H groups in total. The molecular formula is C11H10BrN7. The highest BCUT2D eigenvalue weighted by molar-refractivity contribution is 9.10. The van der Waals surface area contributed by atoms with Gasteiger partial charge in [-0.15, -0.1) is 0 Å². The normalized spacial score (nSPS) is 15.2. The Bertz CT molecular complexity index is 771. The van der Waals surface area contributed by atoms with E-state index in [1.165, 1.54) is 6.33 Å². The van der Waals surface area contributed by atoms with E-state index in [0.29, 0.717) is 17.9 Å². The SMILES string of the molecule is Nc1ncnn1-c1nc2cncc(Br)c2n1C1CC1. The molecule has 0 atom stereocenters. The van der Waals surface area contributed by atoms with Gasteiger partial charge in [0.05, 0.1) is 16.2 Å². The molecule has 1 aliphatic carbocycles. The molecule has 0 saturated heterocycles. The Labute approximate surface area is 116 Å². The Hall–Kier alpha value is -1.96. The summed E-state index contributed by atoms with van der Waals surface area (Å²) in [5.74, 6) is 1.03.